The second-order valence-corrected chi connectivity index (χ2v) is 5.76. The number of carbonyl (C=O) groups is 1. The number of carbonyl (C=O) groups excluding carboxylic acids is 1. The van der Waals surface area contributed by atoms with Crippen LogP contribution in [-0.4, -0.2) is 61.1 Å². The fraction of sp³-hybridized carbons (Fsp3) is 0.933. The number of amides is 1. The van der Waals surface area contributed by atoms with E-state index in [0.29, 0.717) is 12.0 Å². The zero-order chi connectivity index (χ0) is 14.4. The molecule has 1 rings (SSSR count). The third-order valence-corrected chi connectivity index (χ3v) is 4.35. The first-order valence-corrected chi connectivity index (χ1v) is 7.59. The van der Waals surface area contributed by atoms with Gasteiger partial charge in [0.05, 0.1) is 6.10 Å². The Morgan fingerprint density at radius 2 is 2.16 bits per heavy atom. The Labute approximate surface area is 118 Å². The first kappa shape index (κ1) is 16.4. The van der Waals surface area contributed by atoms with E-state index in [1.54, 1.807) is 0 Å². The minimum absolute atomic E-state index is 0.113. The number of rotatable bonds is 6. The molecule has 0 saturated carbocycles. The lowest BCUT2D eigenvalue weighted by atomic mass is 9.92. The van der Waals surface area contributed by atoms with E-state index in [2.05, 4.69) is 25.7 Å². The monoisotopic (exact) mass is 270 g/mol. The number of piperidine rings is 1. The van der Waals surface area contributed by atoms with Crippen LogP contribution in [0.3, 0.4) is 0 Å². The molecule has 3 atom stereocenters. The number of ether oxygens (including phenoxy) is 1. The SMILES string of the molecule is CC[C@H](C)OCC(=O)N(C)[C@@H]1CCN(CC)C[C@@H]1C. The van der Waals surface area contributed by atoms with Crippen LogP contribution in [-0.2, 0) is 9.53 Å². The van der Waals surface area contributed by atoms with Gasteiger partial charge in [0.15, 0.2) is 0 Å². The molecule has 112 valence electrons. The second kappa shape index (κ2) is 7.85. The molecule has 0 bridgehead atoms. The lowest BCUT2D eigenvalue weighted by molar-refractivity contribution is -0.140. The van der Waals surface area contributed by atoms with Crippen molar-refractivity contribution in [3.63, 3.8) is 0 Å². The van der Waals surface area contributed by atoms with Gasteiger partial charge in [0, 0.05) is 26.2 Å². The van der Waals surface area contributed by atoms with Crippen LogP contribution >= 0.6 is 0 Å². The Kier molecular flexibility index (Phi) is 6.80. The Morgan fingerprint density at radius 3 is 2.68 bits per heavy atom. The minimum Gasteiger partial charge on any atom is -0.369 e. The number of likely N-dealkylation sites (tertiary alicyclic amines) is 1. The summed E-state index contributed by atoms with van der Waals surface area (Å²) in [6.45, 7) is 12.0. The van der Waals surface area contributed by atoms with E-state index >= 15 is 0 Å². The highest BCUT2D eigenvalue weighted by Crippen LogP contribution is 2.21. The van der Waals surface area contributed by atoms with Crippen LogP contribution in [0.5, 0.6) is 0 Å². The average Bonchev–Trinajstić information content (AvgIpc) is 2.43. The van der Waals surface area contributed by atoms with Crippen molar-refractivity contribution < 1.29 is 9.53 Å². The topological polar surface area (TPSA) is 32.8 Å². The molecule has 4 nitrogen and oxygen atoms in total. The molecule has 4 heteroatoms. The Hall–Kier alpha value is -0.610. The Balaban J connectivity index is 2.43. The third kappa shape index (κ3) is 4.77. The maximum Gasteiger partial charge on any atom is 0.248 e. The predicted octanol–water partition coefficient (Wildman–Crippen LogP) is 1.99. The molecule has 1 fully saturated rings. The summed E-state index contributed by atoms with van der Waals surface area (Å²) in [7, 11) is 1.92. The van der Waals surface area contributed by atoms with E-state index in [-0.39, 0.29) is 18.6 Å². The fourth-order valence-electron chi connectivity index (χ4n) is 2.70. The van der Waals surface area contributed by atoms with Crippen molar-refractivity contribution >= 4 is 5.91 Å². The van der Waals surface area contributed by atoms with Gasteiger partial charge in [-0.05, 0) is 32.2 Å². The third-order valence-electron chi connectivity index (χ3n) is 4.35. The first-order chi connectivity index (χ1) is 8.99. The van der Waals surface area contributed by atoms with Gasteiger partial charge in [0.1, 0.15) is 6.61 Å². The van der Waals surface area contributed by atoms with Crippen molar-refractivity contribution in [2.75, 3.05) is 33.3 Å². The summed E-state index contributed by atoms with van der Waals surface area (Å²) in [6.07, 6.45) is 2.18. The largest absolute Gasteiger partial charge is 0.369 e. The van der Waals surface area contributed by atoms with Crippen molar-refractivity contribution in [2.24, 2.45) is 5.92 Å². The summed E-state index contributed by atoms with van der Waals surface area (Å²) < 4.78 is 5.54. The maximum absolute atomic E-state index is 12.1. The van der Waals surface area contributed by atoms with Gasteiger partial charge in [-0.1, -0.05) is 20.8 Å². The number of hydrogen-bond donors (Lipinski definition) is 0. The van der Waals surface area contributed by atoms with Gasteiger partial charge in [-0.2, -0.15) is 0 Å². The predicted molar refractivity (Wildman–Crippen MR) is 78.2 cm³/mol. The van der Waals surface area contributed by atoms with E-state index < -0.39 is 0 Å². The van der Waals surface area contributed by atoms with E-state index in [0.717, 1.165) is 32.5 Å². The standard InChI is InChI=1S/C15H30N2O2/c1-6-13(4)19-11-15(18)16(5)14-8-9-17(7-2)10-12(14)3/h12-14H,6-11H2,1-5H3/t12-,13-,14+/m0/s1. The van der Waals surface area contributed by atoms with Crippen LogP contribution in [0.15, 0.2) is 0 Å². The minimum atomic E-state index is 0.113. The lowest BCUT2D eigenvalue weighted by Crippen LogP contribution is -2.51. The highest BCUT2D eigenvalue weighted by molar-refractivity contribution is 5.77. The lowest BCUT2D eigenvalue weighted by Gasteiger charge is -2.41. The molecule has 0 aromatic carbocycles. The van der Waals surface area contributed by atoms with Gasteiger partial charge < -0.3 is 14.5 Å². The Bertz CT molecular complexity index is 283. The van der Waals surface area contributed by atoms with Gasteiger partial charge in [-0.3, -0.25) is 4.79 Å². The normalized spacial score (nSPS) is 26.2. The van der Waals surface area contributed by atoms with Gasteiger partial charge in [0.25, 0.3) is 0 Å². The smallest absolute Gasteiger partial charge is 0.248 e. The summed E-state index contributed by atoms with van der Waals surface area (Å²) in [4.78, 5) is 16.5. The van der Waals surface area contributed by atoms with Crippen LogP contribution in [0.1, 0.15) is 40.5 Å². The molecular weight excluding hydrogens is 240 g/mol. The van der Waals surface area contributed by atoms with Crippen molar-refractivity contribution in [2.45, 2.75) is 52.7 Å². The van der Waals surface area contributed by atoms with Crippen LogP contribution in [0.4, 0.5) is 0 Å². The number of nitrogens with zero attached hydrogens (tertiary/aromatic N) is 2. The molecule has 1 aliphatic rings. The molecule has 1 amide bonds. The van der Waals surface area contributed by atoms with E-state index in [4.69, 9.17) is 4.74 Å². The molecule has 0 aromatic heterocycles. The van der Waals surface area contributed by atoms with E-state index in [1.807, 2.05) is 18.9 Å². The van der Waals surface area contributed by atoms with Crippen molar-refractivity contribution in [3.8, 4) is 0 Å². The molecule has 0 spiro atoms. The number of likely N-dealkylation sites (N-methyl/N-ethyl adjacent to an activating group) is 1. The first-order valence-electron chi connectivity index (χ1n) is 7.59. The van der Waals surface area contributed by atoms with Crippen molar-refractivity contribution in [3.05, 3.63) is 0 Å². The molecule has 0 aromatic rings. The van der Waals surface area contributed by atoms with Crippen LogP contribution in [0, 0.1) is 5.92 Å². The molecule has 0 aliphatic carbocycles. The summed E-state index contributed by atoms with van der Waals surface area (Å²) >= 11 is 0. The summed E-state index contributed by atoms with van der Waals surface area (Å²) in [5.74, 6) is 0.647. The molecule has 0 radical (unpaired) electrons. The fourth-order valence-corrected chi connectivity index (χ4v) is 2.70. The molecule has 0 N–H and O–H groups in total. The van der Waals surface area contributed by atoms with Crippen molar-refractivity contribution in [1.82, 2.24) is 9.80 Å². The number of hydrogen-bond acceptors (Lipinski definition) is 3. The molecule has 1 saturated heterocycles. The molecule has 1 heterocycles. The zero-order valence-electron chi connectivity index (χ0n) is 13.2. The molecule has 19 heavy (non-hydrogen) atoms. The molecule has 1 aliphatic heterocycles. The van der Waals surface area contributed by atoms with E-state index in [1.165, 1.54) is 0 Å². The van der Waals surface area contributed by atoms with Gasteiger partial charge in [-0.15, -0.1) is 0 Å². The summed E-state index contributed by atoms with van der Waals surface area (Å²) in [5, 5.41) is 0. The average molecular weight is 270 g/mol. The highest BCUT2D eigenvalue weighted by Gasteiger charge is 2.30. The summed E-state index contributed by atoms with van der Waals surface area (Å²) in [5.41, 5.74) is 0. The van der Waals surface area contributed by atoms with Crippen molar-refractivity contribution in [1.29, 1.82) is 0 Å². The maximum atomic E-state index is 12.1. The quantitative estimate of drug-likeness (QED) is 0.740. The van der Waals surface area contributed by atoms with Crippen LogP contribution < -0.4 is 0 Å². The molecular formula is C15H30N2O2. The van der Waals surface area contributed by atoms with E-state index in [9.17, 15) is 4.79 Å². The molecule has 0 unspecified atom stereocenters. The second-order valence-electron chi connectivity index (χ2n) is 5.76. The Morgan fingerprint density at radius 1 is 1.47 bits per heavy atom. The zero-order valence-corrected chi connectivity index (χ0v) is 13.2. The van der Waals surface area contributed by atoms with Crippen LogP contribution in [0.25, 0.3) is 0 Å². The van der Waals surface area contributed by atoms with Gasteiger partial charge in [0.2, 0.25) is 5.91 Å². The van der Waals surface area contributed by atoms with Crippen LogP contribution in [0.2, 0.25) is 0 Å². The highest BCUT2D eigenvalue weighted by atomic mass is 16.5. The summed E-state index contributed by atoms with van der Waals surface area (Å²) in [6, 6.07) is 0.357. The van der Waals surface area contributed by atoms with Gasteiger partial charge >= 0.3 is 0 Å². The van der Waals surface area contributed by atoms with Gasteiger partial charge in [-0.25, -0.2) is 0 Å².